The van der Waals surface area contributed by atoms with Gasteiger partial charge in [-0.25, -0.2) is 0 Å². The van der Waals surface area contributed by atoms with Gasteiger partial charge in [0, 0.05) is 49.9 Å². The summed E-state index contributed by atoms with van der Waals surface area (Å²) in [5, 5.41) is 9.26. The summed E-state index contributed by atoms with van der Waals surface area (Å²) < 4.78 is 0. The molecule has 1 saturated heterocycles. The van der Waals surface area contributed by atoms with Crippen LogP contribution in [-0.2, 0) is 0 Å². The van der Waals surface area contributed by atoms with E-state index in [4.69, 9.17) is 0 Å². The maximum atomic E-state index is 12.6. The predicted molar refractivity (Wildman–Crippen MR) is 155 cm³/mol. The molecule has 7 heteroatoms. The van der Waals surface area contributed by atoms with Crippen LogP contribution in [0.1, 0.15) is 23.2 Å². The first-order valence-electron chi connectivity index (χ1n) is 12.6. The smallest absolute Gasteiger partial charge is 0.251 e. The van der Waals surface area contributed by atoms with E-state index in [2.05, 4.69) is 74.7 Å². The lowest BCUT2D eigenvalue weighted by molar-refractivity contribution is 0.0952. The van der Waals surface area contributed by atoms with Gasteiger partial charge in [-0.15, -0.1) is 24.8 Å². The number of benzene rings is 3. The van der Waals surface area contributed by atoms with E-state index in [0.29, 0.717) is 6.54 Å². The Kier molecular flexibility index (Phi) is 8.70. The zero-order valence-corrected chi connectivity index (χ0v) is 22.4. The minimum atomic E-state index is 0. The molecular weight excluding hydrogens is 503 g/mol. The molecule has 1 N–H and O–H groups in total. The van der Waals surface area contributed by atoms with E-state index in [0.717, 1.165) is 56.6 Å². The number of rotatable bonds is 7. The van der Waals surface area contributed by atoms with E-state index in [9.17, 15) is 4.79 Å². The highest BCUT2D eigenvalue weighted by Crippen LogP contribution is 2.25. The number of carbonyl (C=O) groups excluding carboxylic acids is 1. The molecule has 2 heterocycles. The molecule has 1 aromatic heterocycles. The van der Waals surface area contributed by atoms with Crippen molar-refractivity contribution in [1.29, 1.82) is 0 Å². The Morgan fingerprint density at radius 3 is 2.32 bits per heavy atom. The SMILES string of the molecule is Cl.Cl.O=C(NCCCCN1CCN(c2cccc3cccnc23)CC1)c1ccc2c(c1)=c1ccccc1=2. The maximum absolute atomic E-state index is 12.6. The van der Waals surface area contributed by atoms with E-state index >= 15 is 0 Å². The van der Waals surface area contributed by atoms with Crippen molar-refractivity contribution in [3.63, 3.8) is 0 Å². The summed E-state index contributed by atoms with van der Waals surface area (Å²) in [6, 6.07) is 25.0. The van der Waals surface area contributed by atoms with E-state index in [-0.39, 0.29) is 30.7 Å². The molecule has 37 heavy (non-hydrogen) atoms. The number of aromatic nitrogens is 1. The molecule has 1 fully saturated rings. The first-order chi connectivity index (χ1) is 17.3. The van der Waals surface area contributed by atoms with Crippen LogP contribution in [0.15, 0.2) is 79.0 Å². The highest BCUT2D eigenvalue weighted by molar-refractivity contribution is 5.94. The van der Waals surface area contributed by atoms with Gasteiger partial charge in [-0.3, -0.25) is 14.7 Å². The molecule has 6 rings (SSSR count). The van der Waals surface area contributed by atoms with E-state index < -0.39 is 0 Å². The molecule has 1 amide bonds. The van der Waals surface area contributed by atoms with Crippen molar-refractivity contribution in [2.24, 2.45) is 0 Å². The van der Waals surface area contributed by atoms with Crippen molar-refractivity contribution in [2.45, 2.75) is 12.8 Å². The molecule has 0 spiro atoms. The number of hydrogen-bond acceptors (Lipinski definition) is 4. The standard InChI is InChI=1S/C30H30N4O.2ClH/c35-30(23-12-13-26-24-9-1-2-10-25(24)27(26)21-23)32-14-3-4-16-33-17-19-34(20-18-33)28-11-5-7-22-8-6-15-31-29(22)28;;/h1-2,5-13,15,21H,3-4,14,16-20H2,(H,32,35);2*1H. The molecule has 3 aromatic carbocycles. The first kappa shape index (κ1) is 26.9. The molecular formula is C30H32Cl2N4O. The van der Waals surface area contributed by atoms with Crippen molar-refractivity contribution < 1.29 is 4.79 Å². The summed E-state index contributed by atoms with van der Waals surface area (Å²) in [6.45, 7) is 5.96. The van der Waals surface area contributed by atoms with Crippen molar-refractivity contribution in [1.82, 2.24) is 15.2 Å². The van der Waals surface area contributed by atoms with Gasteiger partial charge >= 0.3 is 0 Å². The Hall–Kier alpha value is -3.12. The number of nitrogens with zero attached hydrogens (tertiary/aromatic N) is 3. The lowest BCUT2D eigenvalue weighted by Gasteiger charge is -2.36. The largest absolute Gasteiger partial charge is 0.367 e. The van der Waals surface area contributed by atoms with Crippen molar-refractivity contribution >= 4 is 47.3 Å². The van der Waals surface area contributed by atoms with Gasteiger partial charge in [-0.05, 0) is 64.5 Å². The van der Waals surface area contributed by atoms with Crippen LogP contribution in [0.25, 0.3) is 10.9 Å². The third-order valence-electron chi connectivity index (χ3n) is 7.30. The van der Waals surface area contributed by atoms with Crippen LogP contribution >= 0.6 is 24.8 Å². The molecule has 0 saturated carbocycles. The van der Waals surface area contributed by atoms with Crippen LogP contribution in [0.3, 0.4) is 0 Å². The van der Waals surface area contributed by atoms with Crippen molar-refractivity contribution in [2.75, 3.05) is 44.2 Å². The normalized spacial score (nSPS) is 14.0. The molecule has 1 aliphatic heterocycles. The number of nitrogens with one attached hydrogen (secondary N) is 1. The number of piperazine rings is 1. The van der Waals surface area contributed by atoms with Gasteiger partial charge in [0.05, 0.1) is 11.2 Å². The molecule has 1 aliphatic carbocycles. The van der Waals surface area contributed by atoms with Gasteiger partial charge in [0.15, 0.2) is 0 Å². The molecule has 0 radical (unpaired) electrons. The summed E-state index contributed by atoms with van der Waals surface area (Å²) in [5.41, 5.74) is 3.08. The topological polar surface area (TPSA) is 48.5 Å². The minimum Gasteiger partial charge on any atom is -0.367 e. The fourth-order valence-electron chi connectivity index (χ4n) is 5.35. The van der Waals surface area contributed by atoms with Gasteiger partial charge < -0.3 is 10.2 Å². The van der Waals surface area contributed by atoms with E-state index in [1.165, 1.54) is 31.9 Å². The Morgan fingerprint density at radius 2 is 1.51 bits per heavy atom. The van der Waals surface area contributed by atoms with Crippen LogP contribution in [0, 0.1) is 20.9 Å². The quantitative estimate of drug-likeness (QED) is 0.288. The van der Waals surface area contributed by atoms with Gasteiger partial charge in [-0.2, -0.15) is 0 Å². The number of unbranched alkanes of at least 4 members (excludes halogenated alkanes) is 1. The summed E-state index contributed by atoms with van der Waals surface area (Å²) in [5.74, 6) is 0.0227. The van der Waals surface area contributed by atoms with Crippen molar-refractivity contribution in [3.05, 3.63) is 105 Å². The highest BCUT2D eigenvalue weighted by Gasteiger charge is 2.18. The van der Waals surface area contributed by atoms with Crippen LogP contribution < -0.4 is 10.2 Å². The second-order valence-corrected chi connectivity index (χ2v) is 9.45. The average Bonchev–Trinajstić information content (AvgIpc) is 2.91. The van der Waals surface area contributed by atoms with Crippen LogP contribution in [0.2, 0.25) is 0 Å². The van der Waals surface area contributed by atoms with Crippen LogP contribution in [0.5, 0.6) is 0 Å². The van der Waals surface area contributed by atoms with Gasteiger partial charge in [-0.1, -0.05) is 48.5 Å². The Balaban J connectivity index is 0.00000160. The monoisotopic (exact) mass is 534 g/mol. The zero-order valence-electron chi connectivity index (χ0n) is 20.7. The fourth-order valence-corrected chi connectivity index (χ4v) is 5.35. The lowest BCUT2D eigenvalue weighted by atomic mass is 9.99. The summed E-state index contributed by atoms with van der Waals surface area (Å²) in [7, 11) is 0. The summed E-state index contributed by atoms with van der Waals surface area (Å²) >= 11 is 0. The Bertz CT molecular complexity index is 1580. The number of fused-ring (bicyclic) bond motifs is 3. The number of amides is 1. The first-order valence-corrected chi connectivity index (χ1v) is 12.6. The Labute approximate surface area is 229 Å². The number of para-hydroxylation sites is 1. The fraction of sp³-hybridized carbons (Fsp3) is 0.267. The Morgan fingerprint density at radius 1 is 0.784 bits per heavy atom. The molecule has 0 atom stereocenters. The number of carbonyl (C=O) groups is 1. The second-order valence-electron chi connectivity index (χ2n) is 9.45. The summed E-state index contributed by atoms with van der Waals surface area (Å²) in [6.07, 6.45) is 3.96. The third kappa shape index (κ3) is 5.45. The summed E-state index contributed by atoms with van der Waals surface area (Å²) in [4.78, 5) is 22.2. The predicted octanol–water partition coefficient (Wildman–Crippen LogP) is 5.30. The van der Waals surface area contributed by atoms with Crippen LogP contribution in [-0.4, -0.2) is 55.1 Å². The van der Waals surface area contributed by atoms with E-state index in [1.807, 2.05) is 24.4 Å². The van der Waals surface area contributed by atoms with Crippen molar-refractivity contribution in [3.8, 4) is 0 Å². The maximum Gasteiger partial charge on any atom is 0.251 e. The van der Waals surface area contributed by atoms with Crippen LogP contribution in [0.4, 0.5) is 5.69 Å². The zero-order chi connectivity index (χ0) is 23.6. The van der Waals surface area contributed by atoms with Gasteiger partial charge in [0.25, 0.3) is 5.91 Å². The lowest BCUT2D eigenvalue weighted by Crippen LogP contribution is -2.46. The molecule has 2 aliphatic rings. The number of hydrogen-bond donors (Lipinski definition) is 1. The number of pyridine rings is 1. The second kappa shape index (κ2) is 12.0. The highest BCUT2D eigenvalue weighted by atomic mass is 35.5. The average molecular weight is 536 g/mol. The molecule has 4 aromatic rings. The molecule has 5 nitrogen and oxygen atoms in total. The van der Waals surface area contributed by atoms with Gasteiger partial charge in [0.2, 0.25) is 0 Å². The molecule has 0 unspecified atom stereocenters. The van der Waals surface area contributed by atoms with Gasteiger partial charge in [0.1, 0.15) is 0 Å². The minimum absolute atomic E-state index is 0. The number of anilines is 1. The number of halogens is 2. The van der Waals surface area contributed by atoms with E-state index in [1.54, 1.807) is 0 Å². The third-order valence-corrected chi connectivity index (χ3v) is 7.30. The molecule has 0 bridgehead atoms. The molecule has 192 valence electrons.